The van der Waals surface area contributed by atoms with Gasteiger partial charge in [0, 0.05) is 18.0 Å². The van der Waals surface area contributed by atoms with E-state index < -0.39 is 0 Å². The quantitative estimate of drug-likeness (QED) is 0.777. The number of benzene rings is 2. The second-order valence-corrected chi connectivity index (χ2v) is 7.19. The van der Waals surface area contributed by atoms with Crippen molar-refractivity contribution in [1.82, 2.24) is 5.32 Å². The average molecular weight is 350 g/mol. The van der Waals surface area contributed by atoms with Crippen molar-refractivity contribution in [3.05, 3.63) is 65.7 Å². The number of rotatable bonds is 7. The minimum atomic E-state index is -0.0707. The fraction of sp³-hybridized carbons (Fsp3) is 0.364. The maximum absolute atomic E-state index is 12.3. The van der Waals surface area contributed by atoms with Crippen LogP contribution in [0.4, 0.5) is 5.69 Å². The molecule has 4 heteroatoms. The highest BCUT2D eigenvalue weighted by molar-refractivity contribution is 5.94. The van der Waals surface area contributed by atoms with Crippen LogP contribution in [0.2, 0.25) is 0 Å². The third-order valence-electron chi connectivity index (χ3n) is 4.86. The molecule has 1 aliphatic rings. The molecule has 2 unspecified atom stereocenters. The van der Waals surface area contributed by atoms with Gasteiger partial charge in [0.15, 0.2) is 0 Å². The molecule has 2 aromatic rings. The summed E-state index contributed by atoms with van der Waals surface area (Å²) in [6.45, 7) is 4.04. The summed E-state index contributed by atoms with van der Waals surface area (Å²) in [6, 6.07) is 17.7. The lowest BCUT2D eigenvalue weighted by molar-refractivity contribution is -0.122. The maximum Gasteiger partial charge on any atom is 0.227 e. The van der Waals surface area contributed by atoms with Gasteiger partial charge in [-0.05, 0) is 48.9 Å². The van der Waals surface area contributed by atoms with Crippen molar-refractivity contribution in [3.8, 4) is 0 Å². The first kappa shape index (κ1) is 18.2. The normalized spacial score (nSPS) is 15.8. The van der Waals surface area contributed by atoms with Crippen LogP contribution < -0.4 is 10.6 Å². The van der Waals surface area contributed by atoms with Gasteiger partial charge in [0.25, 0.3) is 0 Å². The van der Waals surface area contributed by atoms with E-state index in [0.29, 0.717) is 6.42 Å². The topological polar surface area (TPSA) is 58.2 Å². The average Bonchev–Trinajstić information content (AvgIpc) is 3.48. The summed E-state index contributed by atoms with van der Waals surface area (Å²) < 4.78 is 0. The molecule has 26 heavy (non-hydrogen) atoms. The number of carbonyl (C=O) groups is 2. The van der Waals surface area contributed by atoms with Crippen LogP contribution in [0.1, 0.15) is 56.2 Å². The van der Waals surface area contributed by atoms with Gasteiger partial charge >= 0.3 is 0 Å². The van der Waals surface area contributed by atoms with Crippen LogP contribution in [0.15, 0.2) is 54.6 Å². The Balaban J connectivity index is 1.51. The van der Waals surface area contributed by atoms with E-state index in [2.05, 4.69) is 29.7 Å². The van der Waals surface area contributed by atoms with Gasteiger partial charge in [-0.2, -0.15) is 0 Å². The van der Waals surface area contributed by atoms with E-state index in [1.165, 1.54) is 5.56 Å². The molecule has 0 bridgehead atoms. The highest BCUT2D eigenvalue weighted by Crippen LogP contribution is 2.30. The van der Waals surface area contributed by atoms with Crippen molar-refractivity contribution in [2.45, 2.75) is 45.1 Å². The van der Waals surface area contributed by atoms with E-state index in [1.54, 1.807) is 0 Å². The molecule has 0 aromatic heterocycles. The molecule has 3 rings (SSSR count). The largest absolute Gasteiger partial charge is 0.350 e. The molecule has 0 heterocycles. The Bertz CT molecular complexity index is 751. The standard InChI is InChI=1S/C22H26N2O2/c1-15(17-6-4-3-5-7-17)14-21(25)23-16(2)18-10-12-20(13-11-18)24-22(26)19-8-9-19/h3-7,10-13,15-16,19H,8-9,14H2,1-2H3,(H,23,25)(H,24,26). The molecule has 0 saturated heterocycles. The Labute approximate surface area is 155 Å². The van der Waals surface area contributed by atoms with Crippen molar-refractivity contribution in [2.75, 3.05) is 5.32 Å². The summed E-state index contributed by atoms with van der Waals surface area (Å²) in [5.74, 6) is 0.525. The van der Waals surface area contributed by atoms with Crippen molar-refractivity contribution in [2.24, 2.45) is 5.92 Å². The molecule has 0 radical (unpaired) electrons. The molecule has 136 valence electrons. The summed E-state index contributed by atoms with van der Waals surface area (Å²) in [5.41, 5.74) is 3.00. The highest BCUT2D eigenvalue weighted by Gasteiger charge is 2.29. The van der Waals surface area contributed by atoms with E-state index in [0.717, 1.165) is 24.1 Å². The fourth-order valence-electron chi connectivity index (χ4n) is 3.01. The zero-order valence-electron chi connectivity index (χ0n) is 15.4. The third kappa shape index (κ3) is 4.94. The van der Waals surface area contributed by atoms with Gasteiger partial charge in [-0.1, -0.05) is 49.4 Å². The van der Waals surface area contributed by atoms with E-state index in [1.807, 2.05) is 49.4 Å². The summed E-state index contributed by atoms with van der Waals surface area (Å²) >= 11 is 0. The number of carbonyl (C=O) groups excluding carboxylic acids is 2. The molecular weight excluding hydrogens is 324 g/mol. The molecule has 4 nitrogen and oxygen atoms in total. The molecule has 2 atom stereocenters. The molecule has 2 N–H and O–H groups in total. The molecule has 2 aromatic carbocycles. The van der Waals surface area contributed by atoms with Crippen LogP contribution in [0.5, 0.6) is 0 Å². The predicted molar refractivity (Wildman–Crippen MR) is 104 cm³/mol. The molecule has 2 amide bonds. The highest BCUT2D eigenvalue weighted by atomic mass is 16.2. The second-order valence-electron chi connectivity index (χ2n) is 7.19. The SMILES string of the molecule is CC(CC(=O)NC(C)c1ccc(NC(=O)C2CC2)cc1)c1ccccc1. The van der Waals surface area contributed by atoms with Gasteiger partial charge in [0.05, 0.1) is 6.04 Å². The van der Waals surface area contributed by atoms with Crippen LogP contribution in [-0.2, 0) is 9.59 Å². The van der Waals surface area contributed by atoms with Gasteiger partial charge in [0.1, 0.15) is 0 Å². The Hall–Kier alpha value is -2.62. The molecule has 1 aliphatic carbocycles. The predicted octanol–water partition coefficient (Wildman–Crippen LogP) is 4.41. The number of anilines is 1. The van der Waals surface area contributed by atoms with Crippen molar-refractivity contribution < 1.29 is 9.59 Å². The Morgan fingerprint density at radius 3 is 2.23 bits per heavy atom. The smallest absolute Gasteiger partial charge is 0.227 e. The zero-order valence-corrected chi connectivity index (χ0v) is 15.4. The van der Waals surface area contributed by atoms with E-state index in [-0.39, 0.29) is 29.7 Å². The lowest BCUT2D eigenvalue weighted by atomic mass is 9.97. The summed E-state index contributed by atoms with van der Waals surface area (Å²) in [7, 11) is 0. The minimum Gasteiger partial charge on any atom is -0.350 e. The van der Waals surface area contributed by atoms with Crippen LogP contribution in [0, 0.1) is 5.92 Å². The first-order valence-electron chi connectivity index (χ1n) is 9.28. The number of hydrogen-bond acceptors (Lipinski definition) is 2. The molecule has 1 fully saturated rings. The van der Waals surface area contributed by atoms with E-state index in [9.17, 15) is 9.59 Å². The first-order chi connectivity index (χ1) is 12.5. The lowest BCUT2D eigenvalue weighted by Gasteiger charge is -2.17. The minimum absolute atomic E-state index is 0.0416. The summed E-state index contributed by atoms with van der Waals surface area (Å²) in [6.07, 6.45) is 2.45. The number of amides is 2. The van der Waals surface area contributed by atoms with Gasteiger partial charge in [-0.3, -0.25) is 9.59 Å². The lowest BCUT2D eigenvalue weighted by Crippen LogP contribution is -2.27. The van der Waals surface area contributed by atoms with Crippen molar-refractivity contribution in [1.29, 1.82) is 0 Å². The number of hydrogen-bond donors (Lipinski definition) is 2. The van der Waals surface area contributed by atoms with Gasteiger partial charge < -0.3 is 10.6 Å². The maximum atomic E-state index is 12.3. The van der Waals surface area contributed by atoms with Crippen LogP contribution in [-0.4, -0.2) is 11.8 Å². The van der Waals surface area contributed by atoms with Crippen molar-refractivity contribution in [3.63, 3.8) is 0 Å². The van der Waals surface area contributed by atoms with E-state index >= 15 is 0 Å². The first-order valence-corrected chi connectivity index (χ1v) is 9.28. The Kier molecular flexibility index (Phi) is 5.71. The molecular formula is C22H26N2O2. The van der Waals surface area contributed by atoms with E-state index in [4.69, 9.17) is 0 Å². The summed E-state index contributed by atoms with van der Waals surface area (Å²) in [4.78, 5) is 24.1. The monoisotopic (exact) mass is 350 g/mol. The zero-order chi connectivity index (χ0) is 18.5. The van der Waals surface area contributed by atoms with Crippen molar-refractivity contribution >= 4 is 17.5 Å². The Morgan fingerprint density at radius 1 is 0.962 bits per heavy atom. The van der Waals surface area contributed by atoms with Crippen LogP contribution in [0.25, 0.3) is 0 Å². The molecule has 0 spiro atoms. The van der Waals surface area contributed by atoms with Crippen LogP contribution >= 0.6 is 0 Å². The molecule has 0 aliphatic heterocycles. The van der Waals surface area contributed by atoms with Gasteiger partial charge in [-0.25, -0.2) is 0 Å². The van der Waals surface area contributed by atoms with Gasteiger partial charge in [0.2, 0.25) is 11.8 Å². The van der Waals surface area contributed by atoms with Crippen LogP contribution in [0.3, 0.4) is 0 Å². The van der Waals surface area contributed by atoms with Gasteiger partial charge in [-0.15, -0.1) is 0 Å². The third-order valence-corrected chi connectivity index (χ3v) is 4.86. The summed E-state index contributed by atoms with van der Waals surface area (Å²) in [5, 5.41) is 5.99. The molecule has 1 saturated carbocycles. The second kappa shape index (κ2) is 8.17. The Morgan fingerprint density at radius 2 is 1.62 bits per heavy atom. The fourth-order valence-corrected chi connectivity index (χ4v) is 3.01. The number of nitrogens with one attached hydrogen (secondary N) is 2.